The number of aromatic nitrogens is 3. The van der Waals surface area contributed by atoms with Crippen molar-refractivity contribution >= 4 is 5.97 Å². The second-order valence-electron chi connectivity index (χ2n) is 3.52. The zero-order valence-corrected chi connectivity index (χ0v) is 9.63. The Hall–Kier alpha value is -1.76. The summed E-state index contributed by atoms with van der Waals surface area (Å²) in [6.07, 6.45) is 2.03. The number of carboxylic acid groups (broad SMARTS) is 1. The molecule has 1 rings (SSSR count). The summed E-state index contributed by atoms with van der Waals surface area (Å²) in [5.41, 5.74) is -0.0929. The van der Waals surface area contributed by atoms with E-state index in [0.29, 0.717) is 19.6 Å². The molecular weight excluding hydrogens is 226 g/mol. The van der Waals surface area contributed by atoms with Crippen LogP contribution >= 0.6 is 0 Å². The minimum Gasteiger partial charge on any atom is -0.481 e. The number of aliphatic carboxylic acids is 1. The van der Waals surface area contributed by atoms with Crippen LogP contribution in [0.1, 0.15) is 18.5 Å². The van der Waals surface area contributed by atoms with Crippen molar-refractivity contribution in [2.24, 2.45) is 0 Å². The molecule has 0 spiro atoms. The van der Waals surface area contributed by atoms with Gasteiger partial charge >= 0.3 is 5.97 Å². The maximum absolute atomic E-state index is 11.8. The first-order valence-electron chi connectivity index (χ1n) is 5.27. The Labute approximate surface area is 98.1 Å². The van der Waals surface area contributed by atoms with Gasteiger partial charge in [-0.05, 0) is 6.42 Å². The topological polar surface area (TPSA) is 94.3 Å². The van der Waals surface area contributed by atoms with E-state index < -0.39 is 5.97 Å². The molecular formula is C10H15N3O4. The highest BCUT2D eigenvalue weighted by Crippen LogP contribution is 1.93. The van der Waals surface area contributed by atoms with E-state index in [9.17, 15) is 9.59 Å². The van der Waals surface area contributed by atoms with Crippen LogP contribution in [-0.2, 0) is 22.5 Å². The van der Waals surface area contributed by atoms with Crippen LogP contribution < -0.4 is 5.56 Å². The Morgan fingerprint density at radius 2 is 2.35 bits per heavy atom. The molecule has 0 amide bonds. The number of rotatable bonds is 7. The third-order valence-electron chi connectivity index (χ3n) is 2.20. The Bertz CT molecular complexity index is 430. The van der Waals surface area contributed by atoms with Gasteiger partial charge in [0.2, 0.25) is 0 Å². The predicted octanol–water partition coefficient (Wildman–Crippen LogP) is -0.308. The molecule has 7 nitrogen and oxygen atoms in total. The first-order valence-corrected chi connectivity index (χ1v) is 5.27. The lowest BCUT2D eigenvalue weighted by Gasteiger charge is -2.05. The summed E-state index contributed by atoms with van der Waals surface area (Å²) in [6.45, 7) is 1.04. The number of nitrogens with zero attached hydrogens (tertiary/aromatic N) is 3. The number of methoxy groups -OCH3 is 1. The van der Waals surface area contributed by atoms with Gasteiger partial charge in [0.15, 0.2) is 0 Å². The van der Waals surface area contributed by atoms with Gasteiger partial charge in [0.25, 0.3) is 5.56 Å². The Balaban J connectivity index is 2.69. The van der Waals surface area contributed by atoms with Gasteiger partial charge in [-0.2, -0.15) is 0 Å². The van der Waals surface area contributed by atoms with E-state index in [4.69, 9.17) is 9.84 Å². The van der Waals surface area contributed by atoms with Gasteiger partial charge in [-0.25, -0.2) is 0 Å². The number of carboxylic acids is 1. The van der Waals surface area contributed by atoms with E-state index in [0.717, 1.165) is 0 Å². The Kier molecular flexibility index (Phi) is 5.28. The lowest BCUT2D eigenvalue weighted by molar-refractivity contribution is -0.136. The second-order valence-corrected chi connectivity index (χ2v) is 3.52. The highest BCUT2D eigenvalue weighted by atomic mass is 16.5. The van der Waals surface area contributed by atoms with Crippen LogP contribution in [0, 0.1) is 0 Å². The van der Waals surface area contributed by atoms with Crippen LogP contribution in [0.5, 0.6) is 0 Å². The molecule has 0 aliphatic carbocycles. The smallest absolute Gasteiger partial charge is 0.303 e. The summed E-state index contributed by atoms with van der Waals surface area (Å²) < 4.78 is 6.30. The van der Waals surface area contributed by atoms with E-state index in [1.807, 2.05) is 0 Å². The summed E-state index contributed by atoms with van der Waals surface area (Å²) >= 11 is 0. The monoisotopic (exact) mass is 241 g/mol. The highest BCUT2D eigenvalue weighted by molar-refractivity contribution is 5.66. The molecule has 0 aromatic carbocycles. The molecule has 0 aliphatic heterocycles. The van der Waals surface area contributed by atoms with Crippen molar-refractivity contribution in [1.82, 2.24) is 14.8 Å². The molecule has 1 heterocycles. The number of hydrogen-bond donors (Lipinski definition) is 1. The van der Waals surface area contributed by atoms with E-state index >= 15 is 0 Å². The maximum atomic E-state index is 11.8. The molecule has 0 aliphatic rings. The average molecular weight is 241 g/mol. The fourth-order valence-corrected chi connectivity index (χ4v) is 1.34. The normalized spacial score (nSPS) is 10.4. The van der Waals surface area contributed by atoms with Crippen molar-refractivity contribution in [3.63, 3.8) is 0 Å². The van der Waals surface area contributed by atoms with Crippen LogP contribution in [-0.4, -0.2) is 39.6 Å². The Morgan fingerprint density at radius 1 is 1.59 bits per heavy atom. The summed E-state index contributed by atoms with van der Waals surface area (Å²) in [4.78, 5) is 22.2. The quantitative estimate of drug-likeness (QED) is 0.658. The van der Waals surface area contributed by atoms with Gasteiger partial charge < -0.3 is 9.84 Å². The zero-order valence-electron chi connectivity index (χ0n) is 9.63. The fraction of sp³-hybridized carbons (Fsp3) is 0.600. The molecule has 0 saturated heterocycles. The molecule has 0 fully saturated rings. The lowest BCUT2D eigenvalue weighted by Crippen LogP contribution is -2.26. The third-order valence-corrected chi connectivity index (χ3v) is 2.20. The van der Waals surface area contributed by atoms with E-state index in [1.165, 1.54) is 10.9 Å². The average Bonchev–Trinajstić information content (AvgIpc) is 2.30. The lowest BCUT2D eigenvalue weighted by atomic mass is 10.2. The molecule has 17 heavy (non-hydrogen) atoms. The highest BCUT2D eigenvalue weighted by Gasteiger charge is 2.07. The molecule has 1 aromatic rings. The molecule has 0 unspecified atom stereocenters. The second kappa shape index (κ2) is 6.74. The van der Waals surface area contributed by atoms with Gasteiger partial charge in [-0.3, -0.25) is 14.2 Å². The number of aryl methyl sites for hydroxylation is 2. The first-order chi connectivity index (χ1) is 8.15. The molecule has 7 heteroatoms. The summed E-state index contributed by atoms with van der Waals surface area (Å²) in [5, 5.41) is 15.9. The third kappa shape index (κ3) is 4.31. The van der Waals surface area contributed by atoms with Crippen molar-refractivity contribution in [2.75, 3.05) is 13.7 Å². The van der Waals surface area contributed by atoms with Gasteiger partial charge in [0.1, 0.15) is 12.0 Å². The summed E-state index contributed by atoms with van der Waals surface area (Å²) in [6, 6.07) is 0. The van der Waals surface area contributed by atoms with Gasteiger partial charge in [-0.15, -0.1) is 10.2 Å². The van der Waals surface area contributed by atoms with E-state index in [1.54, 1.807) is 7.11 Å². The summed E-state index contributed by atoms with van der Waals surface area (Å²) in [5.74, 6) is -0.957. The van der Waals surface area contributed by atoms with Crippen molar-refractivity contribution in [3.05, 3.63) is 22.4 Å². The van der Waals surface area contributed by atoms with E-state index in [-0.39, 0.29) is 24.1 Å². The standard InChI is InChI=1S/C10H15N3O4/c1-17-6-2-5-13-7-11-12-8(10(13)16)3-4-9(14)15/h7H,2-6H2,1H3,(H,14,15). The largest absolute Gasteiger partial charge is 0.481 e. The molecule has 1 aromatic heterocycles. The minimum absolute atomic E-state index is 0.103. The van der Waals surface area contributed by atoms with E-state index in [2.05, 4.69) is 10.2 Å². The number of ether oxygens (including phenoxy) is 1. The minimum atomic E-state index is -0.957. The zero-order chi connectivity index (χ0) is 12.7. The summed E-state index contributed by atoms with van der Waals surface area (Å²) in [7, 11) is 1.59. The SMILES string of the molecule is COCCCn1cnnc(CCC(=O)O)c1=O. The molecule has 1 N–H and O–H groups in total. The van der Waals surface area contributed by atoms with Crippen LogP contribution in [0.25, 0.3) is 0 Å². The van der Waals surface area contributed by atoms with Crippen LogP contribution in [0.15, 0.2) is 11.1 Å². The molecule has 0 bridgehead atoms. The molecule has 94 valence electrons. The van der Waals surface area contributed by atoms with Crippen LogP contribution in [0.4, 0.5) is 0 Å². The van der Waals surface area contributed by atoms with Crippen molar-refractivity contribution in [2.45, 2.75) is 25.8 Å². The van der Waals surface area contributed by atoms with Crippen molar-refractivity contribution < 1.29 is 14.6 Å². The Morgan fingerprint density at radius 3 is 3.00 bits per heavy atom. The van der Waals surface area contributed by atoms with Crippen molar-refractivity contribution in [3.8, 4) is 0 Å². The molecule has 0 atom stereocenters. The number of carbonyl (C=O) groups is 1. The molecule has 0 saturated carbocycles. The van der Waals surface area contributed by atoms with Gasteiger partial charge in [-0.1, -0.05) is 0 Å². The van der Waals surface area contributed by atoms with Crippen LogP contribution in [0.3, 0.4) is 0 Å². The molecule has 0 radical (unpaired) electrons. The van der Waals surface area contributed by atoms with Crippen LogP contribution in [0.2, 0.25) is 0 Å². The van der Waals surface area contributed by atoms with Crippen molar-refractivity contribution in [1.29, 1.82) is 0 Å². The fourth-order valence-electron chi connectivity index (χ4n) is 1.34. The maximum Gasteiger partial charge on any atom is 0.303 e. The predicted molar refractivity (Wildman–Crippen MR) is 58.7 cm³/mol. The number of hydrogen-bond acceptors (Lipinski definition) is 5. The first kappa shape index (κ1) is 13.3. The van der Waals surface area contributed by atoms with Gasteiger partial charge in [0.05, 0.1) is 6.42 Å². The van der Waals surface area contributed by atoms with Gasteiger partial charge in [0, 0.05) is 26.7 Å².